The molecule has 0 aliphatic carbocycles. The number of nitrogens with zero attached hydrogens (tertiary/aromatic N) is 1. The molecule has 2 nitrogen and oxygen atoms in total. The van der Waals surface area contributed by atoms with Crippen molar-refractivity contribution in [1.29, 1.82) is 0 Å². The van der Waals surface area contributed by atoms with Crippen LogP contribution in [0.4, 0.5) is 13.2 Å². The zero-order valence-electron chi connectivity index (χ0n) is 6.90. The Kier molecular flexibility index (Phi) is 2.42. The summed E-state index contributed by atoms with van der Waals surface area (Å²) in [7, 11) is 0. The van der Waals surface area contributed by atoms with Crippen LogP contribution < -0.4 is 0 Å². The Morgan fingerprint density at radius 1 is 1.40 bits per heavy atom. The number of oxazole rings is 1. The predicted octanol–water partition coefficient (Wildman–Crippen LogP) is 4.26. The summed E-state index contributed by atoms with van der Waals surface area (Å²) < 4.78 is 43.0. The van der Waals surface area contributed by atoms with E-state index in [4.69, 9.17) is 16.0 Å². The van der Waals surface area contributed by atoms with E-state index in [1.807, 2.05) is 0 Å². The van der Waals surface area contributed by atoms with Crippen LogP contribution in [0, 0.1) is 0 Å². The predicted molar refractivity (Wildman–Crippen MR) is 51.7 cm³/mol. The van der Waals surface area contributed by atoms with E-state index in [2.05, 4.69) is 20.9 Å². The molecular weight excluding hydrogens is 298 g/mol. The van der Waals surface area contributed by atoms with Gasteiger partial charge in [0, 0.05) is 0 Å². The molecule has 7 heteroatoms. The van der Waals surface area contributed by atoms with Gasteiger partial charge < -0.3 is 4.42 Å². The van der Waals surface area contributed by atoms with Crippen molar-refractivity contribution in [2.75, 3.05) is 0 Å². The summed E-state index contributed by atoms with van der Waals surface area (Å²) in [6.07, 6.45) is -3.60. The van der Waals surface area contributed by atoms with Crippen molar-refractivity contribution in [3.05, 3.63) is 27.5 Å². The van der Waals surface area contributed by atoms with Crippen molar-refractivity contribution in [3.8, 4) is 0 Å². The number of hydrogen-bond acceptors (Lipinski definition) is 2. The Morgan fingerprint density at radius 3 is 2.67 bits per heavy atom. The lowest BCUT2D eigenvalue weighted by atomic mass is 10.2. The van der Waals surface area contributed by atoms with Crippen LogP contribution in [-0.4, -0.2) is 4.98 Å². The van der Waals surface area contributed by atoms with Gasteiger partial charge in [-0.3, -0.25) is 0 Å². The highest BCUT2D eigenvalue weighted by molar-refractivity contribution is 9.10. The molecule has 0 aliphatic rings. The van der Waals surface area contributed by atoms with E-state index < -0.39 is 16.8 Å². The minimum atomic E-state index is -4.55. The Hall–Kier alpha value is -0.750. The number of benzene rings is 1. The minimum Gasteiger partial charge on any atom is -0.442 e. The minimum absolute atomic E-state index is 0.0340. The number of alkyl halides is 3. The zero-order chi connectivity index (χ0) is 11.2. The van der Waals surface area contributed by atoms with Crippen molar-refractivity contribution in [3.63, 3.8) is 0 Å². The molecule has 0 spiro atoms. The second kappa shape index (κ2) is 3.38. The molecule has 1 heterocycles. The van der Waals surface area contributed by atoms with Crippen LogP contribution in [0.3, 0.4) is 0 Å². The standard InChI is InChI=1S/C8H2BrClF3NO/c9-3-1-4(10)5(8(11,12)13)6-7(3)15-2-14-6/h1-2H. The molecule has 1 aromatic carbocycles. The van der Waals surface area contributed by atoms with E-state index in [-0.39, 0.29) is 11.1 Å². The van der Waals surface area contributed by atoms with Gasteiger partial charge in [0.15, 0.2) is 12.0 Å². The van der Waals surface area contributed by atoms with Gasteiger partial charge in [0.05, 0.1) is 9.50 Å². The maximum Gasteiger partial charge on any atom is 0.420 e. The van der Waals surface area contributed by atoms with Crippen LogP contribution >= 0.6 is 27.5 Å². The maximum absolute atomic E-state index is 12.6. The first kappa shape index (κ1) is 10.8. The Balaban J connectivity index is 2.89. The molecule has 80 valence electrons. The normalized spacial score (nSPS) is 12.3. The molecule has 15 heavy (non-hydrogen) atoms. The van der Waals surface area contributed by atoms with Gasteiger partial charge >= 0.3 is 6.18 Å². The fourth-order valence-corrected chi connectivity index (χ4v) is 2.17. The lowest BCUT2D eigenvalue weighted by Gasteiger charge is -2.09. The van der Waals surface area contributed by atoms with E-state index >= 15 is 0 Å². The van der Waals surface area contributed by atoms with Crippen molar-refractivity contribution in [1.82, 2.24) is 4.98 Å². The van der Waals surface area contributed by atoms with Crippen LogP contribution in [0.25, 0.3) is 11.1 Å². The summed E-state index contributed by atoms with van der Waals surface area (Å²) in [4.78, 5) is 3.51. The fraction of sp³-hybridized carbons (Fsp3) is 0.125. The van der Waals surface area contributed by atoms with E-state index in [1.54, 1.807) is 0 Å². The summed E-state index contributed by atoms with van der Waals surface area (Å²) in [6, 6.07) is 1.14. The van der Waals surface area contributed by atoms with E-state index in [1.165, 1.54) is 0 Å². The number of halogens is 5. The molecule has 0 aliphatic heterocycles. The van der Waals surface area contributed by atoms with Gasteiger partial charge in [-0.1, -0.05) is 11.6 Å². The number of fused-ring (bicyclic) bond motifs is 1. The highest BCUT2D eigenvalue weighted by Gasteiger charge is 2.37. The molecule has 0 amide bonds. The molecule has 2 aromatic rings. The number of hydrogen-bond donors (Lipinski definition) is 0. The SMILES string of the molecule is FC(F)(F)c1c(Cl)cc(Br)c2ocnc12. The molecule has 0 N–H and O–H groups in total. The molecule has 0 atom stereocenters. The summed E-state index contributed by atoms with van der Waals surface area (Å²) in [5, 5.41) is -0.407. The molecule has 0 radical (unpaired) electrons. The summed E-state index contributed by atoms with van der Waals surface area (Å²) >= 11 is 8.56. The van der Waals surface area contributed by atoms with Crippen LogP contribution in [0.2, 0.25) is 5.02 Å². The van der Waals surface area contributed by atoms with Crippen molar-refractivity contribution in [2.45, 2.75) is 6.18 Å². The summed E-state index contributed by atoms with van der Waals surface area (Å²) in [6.45, 7) is 0. The number of rotatable bonds is 0. The van der Waals surface area contributed by atoms with Gasteiger partial charge in [-0.05, 0) is 22.0 Å². The van der Waals surface area contributed by atoms with Crippen molar-refractivity contribution in [2.24, 2.45) is 0 Å². The summed E-state index contributed by atoms with van der Waals surface area (Å²) in [5.74, 6) is 0. The lowest BCUT2D eigenvalue weighted by molar-refractivity contribution is -0.136. The molecular formula is C8H2BrClF3NO. The van der Waals surface area contributed by atoms with Gasteiger partial charge in [0.2, 0.25) is 0 Å². The maximum atomic E-state index is 12.6. The Labute approximate surface area is 95.2 Å². The first-order valence-electron chi connectivity index (χ1n) is 3.69. The Bertz CT molecular complexity index is 522. The van der Waals surface area contributed by atoms with E-state index in [0.717, 1.165) is 12.5 Å². The fourth-order valence-electron chi connectivity index (χ4n) is 1.23. The zero-order valence-corrected chi connectivity index (χ0v) is 9.24. The molecule has 1 aromatic heterocycles. The number of aromatic nitrogens is 1. The molecule has 0 saturated heterocycles. The van der Waals surface area contributed by atoms with Gasteiger partial charge in [0.25, 0.3) is 0 Å². The molecule has 0 bridgehead atoms. The third-order valence-electron chi connectivity index (χ3n) is 1.80. The Morgan fingerprint density at radius 2 is 2.07 bits per heavy atom. The lowest BCUT2D eigenvalue weighted by Crippen LogP contribution is -2.07. The van der Waals surface area contributed by atoms with Gasteiger partial charge in [-0.2, -0.15) is 13.2 Å². The first-order chi connectivity index (χ1) is 6.91. The average molecular weight is 300 g/mol. The third-order valence-corrected chi connectivity index (χ3v) is 2.68. The average Bonchev–Trinajstić information content (AvgIpc) is 2.49. The first-order valence-corrected chi connectivity index (χ1v) is 4.86. The van der Waals surface area contributed by atoms with Gasteiger partial charge in [0.1, 0.15) is 11.1 Å². The monoisotopic (exact) mass is 299 g/mol. The second-order valence-electron chi connectivity index (χ2n) is 2.74. The molecule has 2 rings (SSSR count). The van der Waals surface area contributed by atoms with Gasteiger partial charge in [-0.25, -0.2) is 4.98 Å². The van der Waals surface area contributed by atoms with Gasteiger partial charge in [-0.15, -0.1) is 0 Å². The van der Waals surface area contributed by atoms with Crippen LogP contribution in [-0.2, 0) is 6.18 Å². The quantitative estimate of drug-likeness (QED) is 0.726. The van der Waals surface area contributed by atoms with Crippen LogP contribution in [0.15, 0.2) is 21.3 Å². The molecule has 0 unspecified atom stereocenters. The van der Waals surface area contributed by atoms with Crippen molar-refractivity contribution >= 4 is 38.6 Å². The van der Waals surface area contributed by atoms with E-state index in [0.29, 0.717) is 4.47 Å². The van der Waals surface area contributed by atoms with E-state index in [9.17, 15) is 13.2 Å². The second-order valence-corrected chi connectivity index (χ2v) is 4.00. The highest BCUT2D eigenvalue weighted by Crippen LogP contribution is 2.41. The van der Waals surface area contributed by atoms with Crippen LogP contribution in [0.5, 0.6) is 0 Å². The summed E-state index contributed by atoms with van der Waals surface area (Å²) in [5.41, 5.74) is -1.23. The third kappa shape index (κ3) is 1.72. The molecule has 0 saturated carbocycles. The highest BCUT2D eigenvalue weighted by atomic mass is 79.9. The topological polar surface area (TPSA) is 26.0 Å². The largest absolute Gasteiger partial charge is 0.442 e. The smallest absolute Gasteiger partial charge is 0.420 e. The molecule has 0 fully saturated rings. The van der Waals surface area contributed by atoms with Crippen LogP contribution in [0.1, 0.15) is 5.56 Å². The van der Waals surface area contributed by atoms with Crippen molar-refractivity contribution < 1.29 is 17.6 Å².